The van der Waals surface area contributed by atoms with Crippen LogP contribution in [0.25, 0.3) is 0 Å². The van der Waals surface area contributed by atoms with Crippen molar-refractivity contribution in [3.8, 4) is 0 Å². The zero-order chi connectivity index (χ0) is 14.9. The zero-order valence-electron chi connectivity index (χ0n) is 13.1. The van der Waals surface area contributed by atoms with Crippen LogP contribution in [-0.2, 0) is 17.9 Å². The Morgan fingerprint density at radius 2 is 1.91 bits per heavy atom. The van der Waals surface area contributed by atoms with E-state index in [1.807, 2.05) is 4.90 Å². The Hall–Kier alpha value is -1.43. The van der Waals surface area contributed by atoms with Crippen LogP contribution in [0, 0.1) is 5.92 Å². The van der Waals surface area contributed by atoms with Gasteiger partial charge in [-0.1, -0.05) is 19.3 Å². The van der Waals surface area contributed by atoms with Gasteiger partial charge in [-0.3, -0.25) is 4.79 Å². The largest absolute Gasteiger partial charge is 0.333 e. The highest BCUT2D eigenvalue weighted by Crippen LogP contribution is 2.28. The Labute approximate surface area is 131 Å². The molecule has 1 saturated carbocycles. The summed E-state index contributed by atoms with van der Waals surface area (Å²) in [5.74, 6) is 2.62. The van der Waals surface area contributed by atoms with Gasteiger partial charge in [-0.05, 0) is 32.2 Å². The molecular formula is C16H25N5O. The lowest BCUT2D eigenvalue weighted by molar-refractivity contribution is -0.138. The van der Waals surface area contributed by atoms with E-state index < -0.39 is 0 Å². The SMILES string of the molecule is O=C(C1CCCCC1)N1CCn2c(nnc2C2CCCN2)C1. The van der Waals surface area contributed by atoms with E-state index in [4.69, 9.17) is 0 Å². The Kier molecular flexibility index (Phi) is 3.86. The first kappa shape index (κ1) is 14.2. The molecule has 0 bridgehead atoms. The van der Waals surface area contributed by atoms with Crippen molar-refractivity contribution in [3.05, 3.63) is 11.6 Å². The maximum absolute atomic E-state index is 12.7. The lowest BCUT2D eigenvalue weighted by Crippen LogP contribution is -2.42. The molecule has 1 saturated heterocycles. The standard InChI is InChI=1S/C16H25N5O/c22-16(12-5-2-1-3-6-12)20-9-10-21-14(11-20)18-19-15(21)13-7-4-8-17-13/h12-13,17H,1-11H2. The number of carbonyl (C=O) groups excluding carboxylic acids is 1. The van der Waals surface area contributed by atoms with Gasteiger partial charge in [-0.25, -0.2) is 0 Å². The highest BCUT2D eigenvalue weighted by Gasteiger charge is 2.31. The highest BCUT2D eigenvalue weighted by atomic mass is 16.2. The normalized spacial score (nSPS) is 26.2. The van der Waals surface area contributed by atoms with Crippen LogP contribution in [-0.4, -0.2) is 38.7 Å². The molecule has 1 aromatic heterocycles. The molecule has 120 valence electrons. The van der Waals surface area contributed by atoms with Gasteiger partial charge in [0.1, 0.15) is 5.82 Å². The third kappa shape index (κ3) is 2.53. The smallest absolute Gasteiger partial charge is 0.226 e. The quantitative estimate of drug-likeness (QED) is 0.902. The maximum Gasteiger partial charge on any atom is 0.226 e. The average molecular weight is 303 g/mol. The summed E-state index contributed by atoms with van der Waals surface area (Å²) in [4.78, 5) is 14.7. The number of hydrogen-bond donors (Lipinski definition) is 1. The predicted octanol–water partition coefficient (Wildman–Crippen LogP) is 1.63. The van der Waals surface area contributed by atoms with Gasteiger partial charge < -0.3 is 14.8 Å². The average Bonchev–Trinajstić information content (AvgIpc) is 3.23. The van der Waals surface area contributed by atoms with Crippen molar-refractivity contribution in [2.24, 2.45) is 5.92 Å². The molecule has 1 N–H and O–H groups in total. The topological polar surface area (TPSA) is 63.1 Å². The number of aromatic nitrogens is 3. The van der Waals surface area contributed by atoms with E-state index in [0.717, 1.165) is 50.5 Å². The molecule has 1 aliphatic carbocycles. The van der Waals surface area contributed by atoms with Crippen LogP contribution in [0.5, 0.6) is 0 Å². The van der Waals surface area contributed by atoms with Crippen molar-refractivity contribution in [2.45, 2.75) is 64.1 Å². The van der Waals surface area contributed by atoms with E-state index >= 15 is 0 Å². The van der Waals surface area contributed by atoms with Gasteiger partial charge in [0, 0.05) is 19.0 Å². The molecule has 1 aromatic rings. The van der Waals surface area contributed by atoms with Crippen LogP contribution in [0.2, 0.25) is 0 Å². The first-order chi connectivity index (χ1) is 10.8. The van der Waals surface area contributed by atoms with Gasteiger partial charge in [-0.15, -0.1) is 10.2 Å². The molecular weight excluding hydrogens is 278 g/mol. The minimum atomic E-state index is 0.249. The molecule has 4 rings (SSSR count). The summed E-state index contributed by atoms with van der Waals surface area (Å²) >= 11 is 0. The third-order valence-corrected chi connectivity index (χ3v) is 5.42. The van der Waals surface area contributed by atoms with Crippen molar-refractivity contribution < 1.29 is 4.79 Å². The van der Waals surface area contributed by atoms with Crippen LogP contribution >= 0.6 is 0 Å². The van der Waals surface area contributed by atoms with Crippen LogP contribution in [0.4, 0.5) is 0 Å². The molecule has 22 heavy (non-hydrogen) atoms. The number of fused-ring (bicyclic) bond motifs is 1. The summed E-state index contributed by atoms with van der Waals surface area (Å²) in [5, 5.41) is 12.2. The molecule has 6 heteroatoms. The Morgan fingerprint density at radius 3 is 2.68 bits per heavy atom. The molecule has 0 aromatic carbocycles. The molecule has 2 aliphatic heterocycles. The molecule has 1 amide bonds. The fourth-order valence-corrected chi connectivity index (χ4v) is 4.14. The number of carbonyl (C=O) groups is 1. The summed E-state index contributed by atoms with van der Waals surface area (Å²) < 4.78 is 2.23. The minimum Gasteiger partial charge on any atom is -0.333 e. The number of hydrogen-bond acceptors (Lipinski definition) is 4. The first-order valence-corrected chi connectivity index (χ1v) is 8.77. The van der Waals surface area contributed by atoms with Crippen molar-refractivity contribution in [1.29, 1.82) is 0 Å². The molecule has 3 heterocycles. The predicted molar refractivity (Wildman–Crippen MR) is 82.0 cm³/mol. The van der Waals surface area contributed by atoms with Gasteiger partial charge in [-0.2, -0.15) is 0 Å². The van der Waals surface area contributed by atoms with E-state index in [0.29, 0.717) is 18.5 Å². The maximum atomic E-state index is 12.7. The molecule has 1 unspecified atom stereocenters. The second-order valence-corrected chi connectivity index (χ2v) is 6.87. The second kappa shape index (κ2) is 5.99. The molecule has 3 aliphatic rings. The highest BCUT2D eigenvalue weighted by molar-refractivity contribution is 5.79. The van der Waals surface area contributed by atoms with Gasteiger partial charge in [0.15, 0.2) is 5.82 Å². The van der Waals surface area contributed by atoms with Crippen LogP contribution in [0.3, 0.4) is 0 Å². The van der Waals surface area contributed by atoms with Gasteiger partial charge >= 0.3 is 0 Å². The van der Waals surface area contributed by atoms with E-state index in [1.165, 1.54) is 25.7 Å². The third-order valence-electron chi connectivity index (χ3n) is 5.42. The van der Waals surface area contributed by atoms with Crippen molar-refractivity contribution in [1.82, 2.24) is 25.0 Å². The van der Waals surface area contributed by atoms with Crippen LogP contribution in [0.1, 0.15) is 62.6 Å². The van der Waals surface area contributed by atoms with E-state index in [1.54, 1.807) is 0 Å². The van der Waals surface area contributed by atoms with Gasteiger partial charge in [0.2, 0.25) is 5.91 Å². The molecule has 0 radical (unpaired) electrons. The van der Waals surface area contributed by atoms with E-state index in [9.17, 15) is 4.79 Å². The fourth-order valence-electron chi connectivity index (χ4n) is 4.14. The molecule has 1 atom stereocenters. The van der Waals surface area contributed by atoms with Crippen molar-refractivity contribution >= 4 is 5.91 Å². The van der Waals surface area contributed by atoms with Crippen molar-refractivity contribution in [2.75, 3.05) is 13.1 Å². The fraction of sp³-hybridized carbons (Fsp3) is 0.812. The number of amides is 1. The molecule has 2 fully saturated rings. The first-order valence-electron chi connectivity index (χ1n) is 8.77. The lowest BCUT2D eigenvalue weighted by Gasteiger charge is -2.32. The Bertz CT molecular complexity index is 543. The summed E-state index contributed by atoms with van der Waals surface area (Å²) in [6, 6.07) is 0.349. The van der Waals surface area contributed by atoms with Crippen LogP contribution < -0.4 is 5.32 Å². The Balaban J connectivity index is 1.46. The number of rotatable bonds is 2. The minimum absolute atomic E-state index is 0.249. The second-order valence-electron chi connectivity index (χ2n) is 6.87. The van der Waals surface area contributed by atoms with Crippen LogP contribution in [0.15, 0.2) is 0 Å². The van der Waals surface area contributed by atoms with Gasteiger partial charge in [0.05, 0.1) is 12.6 Å². The summed E-state index contributed by atoms with van der Waals surface area (Å²) in [7, 11) is 0. The lowest BCUT2D eigenvalue weighted by atomic mass is 9.88. The monoisotopic (exact) mass is 303 g/mol. The molecule has 0 spiro atoms. The Morgan fingerprint density at radius 1 is 1.05 bits per heavy atom. The molecule has 6 nitrogen and oxygen atoms in total. The van der Waals surface area contributed by atoms with Crippen molar-refractivity contribution in [3.63, 3.8) is 0 Å². The van der Waals surface area contributed by atoms with Gasteiger partial charge in [0.25, 0.3) is 0 Å². The summed E-state index contributed by atoms with van der Waals surface area (Å²) in [6.45, 7) is 3.35. The van der Waals surface area contributed by atoms with E-state index in [-0.39, 0.29) is 5.92 Å². The number of nitrogens with one attached hydrogen (secondary N) is 1. The van der Waals surface area contributed by atoms with E-state index in [2.05, 4.69) is 20.1 Å². The summed E-state index contributed by atoms with van der Waals surface area (Å²) in [6.07, 6.45) is 8.19. The number of nitrogens with zero attached hydrogens (tertiary/aromatic N) is 4. The zero-order valence-corrected chi connectivity index (χ0v) is 13.1. The summed E-state index contributed by atoms with van der Waals surface area (Å²) in [5.41, 5.74) is 0.